The highest BCUT2D eigenvalue weighted by atomic mass is 16.2. The number of quaternary nitrogens is 1. The first kappa shape index (κ1) is 65.8. The molecule has 30 nitrogen and oxygen atoms in total. The van der Waals surface area contributed by atoms with Crippen LogP contribution in [0.15, 0.2) is 60.7 Å². The number of rotatable bonds is 36. The summed E-state index contributed by atoms with van der Waals surface area (Å²) in [6, 6.07) is 1.75. The fourth-order valence-corrected chi connectivity index (χ4v) is 7.31. The highest BCUT2D eigenvalue weighted by Gasteiger charge is 2.37. The second-order valence-corrected chi connectivity index (χ2v) is 18.6. The Kier molecular flexibility index (Phi) is 27.4. The SMILES string of the molecule is CC(C)[C@@H](C=O)NC(=O)[C@H](Cc1ccccc1)NC(=O)[C@H](CC(N)=O)NC(=O)[C@H](CC(N)=O)NC(=O)[C@H](CCC(N)=O)NC(=O)[C@H](CC(N)=O)NC(=O)[C@H](CC(N)=O)NC(=O)[C@H](Cc1ccccc1)NC(=O)[C@@H]([NH3+])CCC(N)=O. The maximum absolute atomic E-state index is 14.0. The lowest BCUT2D eigenvalue weighted by atomic mass is 10.0. The third kappa shape index (κ3) is 24.9. The Morgan fingerprint density at radius 1 is 0.392 bits per heavy atom. The Hall–Kier alpha value is -9.35. The second-order valence-electron chi connectivity index (χ2n) is 18.6. The summed E-state index contributed by atoms with van der Waals surface area (Å²) >= 11 is 0. The van der Waals surface area contributed by atoms with Gasteiger partial charge in [0.15, 0.2) is 6.04 Å². The van der Waals surface area contributed by atoms with Crippen molar-refractivity contribution in [2.75, 3.05) is 0 Å². The van der Waals surface area contributed by atoms with Gasteiger partial charge in [0.05, 0.1) is 31.7 Å². The van der Waals surface area contributed by atoms with Gasteiger partial charge in [0.2, 0.25) is 76.8 Å². The smallest absolute Gasteiger partial charge is 0.278 e. The van der Waals surface area contributed by atoms with Gasteiger partial charge < -0.3 is 87.5 Å². The lowest BCUT2D eigenvalue weighted by Crippen LogP contribution is -2.69. The van der Waals surface area contributed by atoms with Crippen molar-refractivity contribution in [3.8, 4) is 0 Å². The third-order valence-electron chi connectivity index (χ3n) is 11.6. The van der Waals surface area contributed by atoms with Gasteiger partial charge in [0, 0.05) is 32.1 Å². The highest BCUT2D eigenvalue weighted by Crippen LogP contribution is 2.10. The van der Waals surface area contributed by atoms with Gasteiger partial charge in [-0.2, -0.15) is 0 Å². The predicted molar refractivity (Wildman–Crippen MR) is 275 cm³/mol. The molecule has 0 aliphatic rings. The maximum atomic E-state index is 14.0. The van der Waals surface area contributed by atoms with E-state index in [-0.39, 0.29) is 31.6 Å². The normalized spacial score (nSPS) is 14.2. The van der Waals surface area contributed by atoms with E-state index in [9.17, 15) is 71.9 Å². The van der Waals surface area contributed by atoms with E-state index in [4.69, 9.17) is 34.4 Å². The van der Waals surface area contributed by atoms with Crippen LogP contribution in [0.2, 0.25) is 0 Å². The van der Waals surface area contributed by atoms with E-state index in [0.717, 1.165) is 0 Å². The predicted octanol–water partition coefficient (Wildman–Crippen LogP) is -8.15. The molecule has 30 heteroatoms. The van der Waals surface area contributed by atoms with E-state index < -0.39 is 176 Å². The molecule has 0 spiro atoms. The lowest BCUT2D eigenvalue weighted by molar-refractivity contribution is -0.405. The van der Waals surface area contributed by atoms with Gasteiger partial charge in [0.1, 0.15) is 48.6 Å². The summed E-state index contributed by atoms with van der Waals surface area (Å²) < 4.78 is 0. The Labute approximate surface area is 452 Å². The van der Waals surface area contributed by atoms with Crippen LogP contribution in [0.1, 0.15) is 76.3 Å². The van der Waals surface area contributed by atoms with Gasteiger partial charge in [-0.15, -0.1) is 0 Å². The van der Waals surface area contributed by atoms with Crippen molar-refractivity contribution in [2.45, 2.75) is 132 Å². The molecule has 0 radical (unpaired) electrons. The minimum atomic E-state index is -2.03. The van der Waals surface area contributed by atoms with E-state index in [0.29, 0.717) is 17.4 Å². The number of amides is 14. The third-order valence-corrected chi connectivity index (χ3v) is 11.6. The molecular formula is C49H70N15O15+. The molecule has 0 unspecified atom stereocenters. The van der Waals surface area contributed by atoms with Crippen molar-refractivity contribution in [3.05, 3.63) is 71.8 Å². The molecule has 0 saturated heterocycles. The van der Waals surface area contributed by atoms with Crippen molar-refractivity contribution in [2.24, 2.45) is 40.3 Å². The van der Waals surface area contributed by atoms with Crippen LogP contribution in [0.4, 0.5) is 0 Å². The van der Waals surface area contributed by atoms with E-state index in [1.807, 2.05) is 0 Å². The van der Waals surface area contributed by atoms with Gasteiger partial charge in [-0.3, -0.25) is 67.1 Å². The van der Waals surface area contributed by atoms with Crippen LogP contribution >= 0.6 is 0 Å². The number of hydrogen-bond donors (Lipinski definition) is 15. The summed E-state index contributed by atoms with van der Waals surface area (Å²) in [6.07, 6.45) is -5.29. The summed E-state index contributed by atoms with van der Waals surface area (Å²) in [4.78, 5) is 194. The molecular weight excluding hydrogens is 1040 g/mol. The van der Waals surface area contributed by atoms with Crippen LogP contribution in [0, 0.1) is 5.92 Å². The summed E-state index contributed by atoms with van der Waals surface area (Å²) in [7, 11) is 0. The first-order valence-corrected chi connectivity index (χ1v) is 24.6. The molecule has 2 rings (SSSR count). The first-order valence-electron chi connectivity index (χ1n) is 24.6. The van der Waals surface area contributed by atoms with Crippen molar-refractivity contribution >= 4 is 89.0 Å². The summed E-state index contributed by atoms with van der Waals surface area (Å²) in [5.41, 5.74) is 36.9. The van der Waals surface area contributed by atoms with Gasteiger partial charge in [-0.1, -0.05) is 74.5 Å². The van der Waals surface area contributed by atoms with Crippen LogP contribution in [0.5, 0.6) is 0 Å². The Balaban J connectivity index is 2.46. The molecule has 14 amide bonds. The zero-order valence-corrected chi connectivity index (χ0v) is 43.5. The average Bonchev–Trinajstić information content (AvgIpc) is 3.36. The topological polar surface area (TPSA) is 536 Å². The minimum Gasteiger partial charge on any atom is -0.370 e. The number of benzene rings is 2. The van der Waals surface area contributed by atoms with Gasteiger partial charge in [-0.05, 0) is 23.5 Å². The summed E-state index contributed by atoms with van der Waals surface area (Å²) in [6.45, 7) is 3.31. The minimum absolute atomic E-state index is 0.0880. The molecule has 2 aromatic carbocycles. The summed E-state index contributed by atoms with van der Waals surface area (Å²) in [5.74, 6) is -16.1. The van der Waals surface area contributed by atoms with Crippen LogP contribution < -0.4 is 82.7 Å². The fourth-order valence-electron chi connectivity index (χ4n) is 7.31. The number of carbonyl (C=O) groups excluding carboxylic acids is 15. The van der Waals surface area contributed by atoms with Crippen LogP contribution in [-0.4, -0.2) is 143 Å². The van der Waals surface area contributed by atoms with E-state index in [2.05, 4.69) is 48.3 Å². The Morgan fingerprint density at radius 3 is 0.987 bits per heavy atom. The number of nitrogens with one attached hydrogen (secondary N) is 8. The van der Waals surface area contributed by atoms with Gasteiger partial charge in [0.25, 0.3) is 5.91 Å². The van der Waals surface area contributed by atoms with E-state index in [1.54, 1.807) is 74.5 Å². The number of carbonyl (C=O) groups is 15. The quantitative estimate of drug-likeness (QED) is 0.0282. The molecule has 430 valence electrons. The molecule has 23 N–H and O–H groups in total. The standard InChI is InChI=1S/C49H69N15O15/c1-24(2)35(23-65)64-45(75)30(18-26-11-7-4-8-12-26)59-47(77)33(21-40(55)70)63-48(78)32(20-39(54)69)60-43(73)28(14-16-37(52)67)57-46(76)31(19-38(53)68)62-49(79)34(22-41(56)71)61-44(74)29(17-25-9-5-3-6-10-25)58-42(72)27(50)13-15-36(51)66/h3-12,23-24,27-35H,13-22,50H2,1-2H3,(H2,51,66)(H2,52,67)(H2,53,68)(H2,54,69)(H2,55,70)(H2,56,71)(H,57,76)(H,58,72)(H,59,77)(H,60,73)(H,61,74)(H,62,79)(H,63,78)(H,64,75)/p+1/t27-,28-,29-,30-,31-,32-,33-,34-,35+/m0/s1. The maximum Gasteiger partial charge on any atom is 0.278 e. The Morgan fingerprint density at radius 2 is 0.671 bits per heavy atom. The molecule has 0 aromatic heterocycles. The monoisotopic (exact) mass is 1110 g/mol. The largest absolute Gasteiger partial charge is 0.370 e. The number of aldehydes is 1. The van der Waals surface area contributed by atoms with Crippen molar-refractivity contribution in [1.29, 1.82) is 0 Å². The fraction of sp³-hybridized carbons (Fsp3) is 0.449. The van der Waals surface area contributed by atoms with Crippen molar-refractivity contribution in [3.63, 3.8) is 0 Å². The molecule has 0 aliphatic carbocycles. The second kappa shape index (κ2) is 32.9. The van der Waals surface area contributed by atoms with Crippen molar-refractivity contribution in [1.82, 2.24) is 42.5 Å². The Bertz CT molecular complexity index is 2550. The summed E-state index contributed by atoms with van der Waals surface area (Å²) in [5, 5.41) is 18.4. The molecule has 0 aliphatic heterocycles. The van der Waals surface area contributed by atoms with Crippen LogP contribution in [0.25, 0.3) is 0 Å². The molecule has 9 atom stereocenters. The lowest BCUT2D eigenvalue weighted by Gasteiger charge is -2.27. The average molecular weight is 1110 g/mol. The number of primary amides is 6. The first-order chi connectivity index (χ1) is 37.1. The molecule has 79 heavy (non-hydrogen) atoms. The molecule has 0 fully saturated rings. The zero-order chi connectivity index (χ0) is 59.5. The van der Waals surface area contributed by atoms with Crippen LogP contribution in [-0.2, 0) is 84.8 Å². The zero-order valence-electron chi connectivity index (χ0n) is 43.5. The van der Waals surface area contributed by atoms with Gasteiger partial charge >= 0.3 is 0 Å². The van der Waals surface area contributed by atoms with Crippen LogP contribution in [0.3, 0.4) is 0 Å². The van der Waals surface area contributed by atoms with Crippen molar-refractivity contribution < 1.29 is 77.7 Å². The van der Waals surface area contributed by atoms with E-state index in [1.165, 1.54) is 0 Å². The highest BCUT2D eigenvalue weighted by molar-refractivity contribution is 6.01. The molecule has 0 heterocycles. The van der Waals surface area contributed by atoms with E-state index >= 15 is 0 Å². The molecule has 0 saturated carbocycles. The molecule has 0 bridgehead atoms. The number of nitrogens with two attached hydrogens (primary N) is 6. The molecule has 2 aromatic rings. The van der Waals surface area contributed by atoms with Gasteiger partial charge in [-0.25, -0.2) is 0 Å². The number of hydrogen-bond acceptors (Lipinski definition) is 15.